The molecule has 0 aromatic carbocycles. The van der Waals surface area contributed by atoms with Crippen LogP contribution in [0.25, 0.3) is 5.65 Å². The van der Waals surface area contributed by atoms with Crippen molar-refractivity contribution in [2.75, 3.05) is 6.26 Å². The predicted molar refractivity (Wildman–Crippen MR) is 68.2 cm³/mol. The first-order chi connectivity index (χ1) is 7.43. The molecular weight excluding hydrogens is 218 g/mol. The van der Waals surface area contributed by atoms with Gasteiger partial charge in [0.1, 0.15) is 5.82 Å². The lowest BCUT2D eigenvalue weighted by molar-refractivity contribution is 0.532. The summed E-state index contributed by atoms with van der Waals surface area (Å²) in [6.07, 6.45) is 2.08. The monoisotopic (exact) mass is 235 g/mol. The second-order valence-electron chi connectivity index (χ2n) is 5.04. The van der Waals surface area contributed by atoms with Crippen LogP contribution in [0.1, 0.15) is 32.2 Å². The standard InChI is InChI=1S/C12H17N3S/c1-8-6-9-13-14-11(12(2,3)4)15(9)10(7-8)16-5/h6-7H,1-5H3. The fourth-order valence-corrected chi connectivity index (χ4v) is 2.41. The van der Waals surface area contributed by atoms with E-state index < -0.39 is 0 Å². The van der Waals surface area contributed by atoms with Crippen molar-refractivity contribution in [3.63, 3.8) is 0 Å². The number of fused-ring (bicyclic) bond motifs is 1. The molecule has 3 nitrogen and oxygen atoms in total. The Morgan fingerprint density at radius 3 is 2.44 bits per heavy atom. The van der Waals surface area contributed by atoms with Crippen LogP contribution in [0.4, 0.5) is 0 Å². The van der Waals surface area contributed by atoms with Crippen LogP contribution in [-0.2, 0) is 5.41 Å². The Morgan fingerprint density at radius 2 is 1.88 bits per heavy atom. The summed E-state index contributed by atoms with van der Waals surface area (Å²) in [5.41, 5.74) is 2.18. The molecule has 16 heavy (non-hydrogen) atoms. The van der Waals surface area contributed by atoms with E-state index in [1.807, 2.05) is 0 Å². The van der Waals surface area contributed by atoms with Crippen molar-refractivity contribution in [2.45, 2.75) is 38.1 Å². The zero-order valence-corrected chi connectivity index (χ0v) is 11.2. The van der Waals surface area contributed by atoms with Gasteiger partial charge in [-0.25, -0.2) is 0 Å². The minimum atomic E-state index is 0.0131. The maximum absolute atomic E-state index is 4.32. The third kappa shape index (κ3) is 1.82. The SMILES string of the molecule is CSc1cc(C)cc2nnc(C(C)(C)C)n12. The lowest BCUT2D eigenvalue weighted by Gasteiger charge is -2.17. The first kappa shape index (κ1) is 11.5. The van der Waals surface area contributed by atoms with Crippen LogP contribution < -0.4 is 0 Å². The first-order valence-electron chi connectivity index (χ1n) is 5.34. The van der Waals surface area contributed by atoms with E-state index in [0.29, 0.717) is 0 Å². The van der Waals surface area contributed by atoms with E-state index in [1.165, 1.54) is 10.6 Å². The first-order valence-corrected chi connectivity index (χ1v) is 6.56. The van der Waals surface area contributed by atoms with Gasteiger partial charge in [-0.1, -0.05) is 20.8 Å². The molecule has 0 spiro atoms. The van der Waals surface area contributed by atoms with Crippen LogP contribution in [0.3, 0.4) is 0 Å². The van der Waals surface area contributed by atoms with Crippen molar-refractivity contribution in [1.82, 2.24) is 14.6 Å². The highest BCUT2D eigenvalue weighted by atomic mass is 32.2. The smallest absolute Gasteiger partial charge is 0.161 e. The van der Waals surface area contributed by atoms with E-state index in [0.717, 1.165) is 11.5 Å². The van der Waals surface area contributed by atoms with Gasteiger partial charge in [-0.05, 0) is 30.9 Å². The Bertz CT molecular complexity index is 523. The van der Waals surface area contributed by atoms with Gasteiger partial charge in [0, 0.05) is 5.41 Å². The van der Waals surface area contributed by atoms with Gasteiger partial charge in [0.05, 0.1) is 5.03 Å². The number of rotatable bonds is 1. The molecule has 2 aromatic heterocycles. The topological polar surface area (TPSA) is 30.2 Å². The normalized spacial score (nSPS) is 12.3. The van der Waals surface area contributed by atoms with E-state index in [2.05, 4.69) is 60.7 Å². The highest BCUT2D eigenvalue weighted by molar-refractivity contribution is 7.98. The van der Waals surface area contributed by atoms with Crippen LogP contribution >= 0.6 is 11.8 Å². The highest BCUT2D eigenvalue weighted by Gasteiger charge is 2.22. The number of hydrogen-bond acceptors (Lipinski definition) is 3. The number of hydrogen-bond donors (Lipinski definition) is 0. The number of aromatic nitrogens is 3. The van der Waals surface area contributed by atoms with Crippen LogP contribution in [0.15, 0.2) is 17.2 Å². The van der Waals surface area contributed by atoms with Gasteiger partial charge in [-0.2, -0.15) is 0 Å². The molecule has 0 aliphatic carbocycles. The number of thioether (sulfide) groups is 1. The third-order valence-electron chi connectivity index (χ3n) is 2.50. The number of aryl methyl sites for hydroxylation is 1. The molecule has 2 rings (SSSR count). The van der Waals surface area contributed by atoms with Gasteiger partial charge in [-0.15, -0.1) is 22.0 Å². The van der Waals surface area contributed by atoms with Gasteiger partial charge < -0.3 is 0 Å². The molecule has 0 atom stereocenters. The number of pyridine rings is 1. The molecule has 86 valence electrons. The summed E-state index contributed by atoms with van der Waals surface area (Å²) in [5.74, 6) is 1.02. The summed E-state index contributed by atoms with van der Waals surface area (Å²) >= 11 is 1.73. The molecule has 0 N–H and O–H groups in total. The lowest BCUT2D eigenvalue weighted by atomic mass is 9.96. The largest absolute Gasteiger partial charge is 0.273 e. The quantitative estimate of drug-likeness (QED) is 0.712. The highest BCUT2D eigenvalue weighted by Crippen LogP contribution is 2.26. The number of nitrogens with zero attached hydrogens (tertiary/aromatic N) is 3. The van der Waals surface area contributed by atoms with Crippen molar-refractivity contribution in [1.29, 1.82) is 0 Å². The van der Waals surface area contributed by atoms with Crippen molar-refractivity contribution < 1.29 is 0 Å². The minimum Gasteiger partial charge on any atom is -0.273 e. The molecule has 2 aromatic rings. The Balaban J connectivity index is 2.80. The average molecular weight is 235 g/mol. The zero-order valence-electron chi connectivity index (χ0n) is 10.4. The van der Waals surface area contributed by atoms with Gasteiger partial charge in [-0.3, -0.25) is 4.40 Å². The van der Waals surface area contributed by atoms with Gasteiger partial charge in [0.2, 0.25) is 0 Å². The lowest BCUT2D eigenvalue weighted by Crippen LogP contribution is -2.16. The summed E-state index contributed by atoms with van der Waals surface area (Å²) in [7, 11) is 0. The summed E-state index contributed by atoms with van der Waals surface area (Å²) in [6, 6.07) is 4.25. The van der Waals surface area contributed by atoms with Gasteiger partial charge in [0.25, 0.3) is 0 Å². The van der Waals surface area contributed by atoms with Gasteiger partial charge >= 0.3 is 0 Å². The average Bonchev–Trinajstić information content (AvgIpc) is 2.59. The fraction of sp³-hybridized carbons (Fsp3) is 0.500. The molecule has 0 aliphatic heterocycles. The van der Waals surface area contributed by atoms with E-state index >= 15 is 0 Å². The molecule has 0 aliphatic rings. The summed E-state index contributed by atoms with van der Waals surface area (Å²) < 4.78 is 2.15. The minimum absolute atomic E-state index is 0.0131. The molecule has 2 heterocycles. The van der Waals surface area contributed by atoms with Crippen molar-refractivity contribution in [3.8, 4) is 0 Å². The predicted octanol–water partition coefficient (Wildman–Crippen LogP) is 3.06. The third-order valence-corrected chi connectivity index (χ3v) is 3.22. The summed E-state index contributed by atoms with van der Waals surface area (Å²) in [6.45, 7) is 8.57. The molecule has 0 saturated carbocycles. The van der Waals surface area contributed by atoms with Crippen LogP contribution in [0, 0.1) is 6.92 Å². The second-order valence-corrected chi connectivity index (χ2v) is 5.87. The fourth-order valence-electron chi connectivity index (χ4n) is 1.75. The Hall–Kier alpha value is -1.03. The Kier molecular flexibility index (Phi) is 2.70. The van der Waals surface area contributed by atoms with Crippen molar-refractivity contribution >= 4 is 17.4 Å². The van der Waals surface area contributed by atoms with Crippen molar-refractivity contribution in [2.24, 2.45) is 0 Å². The molecule has 0 fully saturated rings. The molecule has 0 saturated heterocycles. The Labute approximate surface area is 100 Å². The Morgan fingerprint density at radius 1 is 1.19 bits per heavy atom. The van der Waals surface area contributed by atoms with Crippen LogP contribution in [0.2, 0.25) is 0 Å². The van der Waals surface area contributed by atoms with Gasteiger partial charge in [0.15, 0.2) is 5.65 Å². The maximum atomic E-state index is 4.32. The zero-order chi connectivity index (χ0) is 11.9. The molecule has 0 unspecified atom stereocenters. The maximum Gasteiger partial charge on any atom is 0.161 e. The second kappa shape index (κ2) is 3.77. The van der Waals surface area contributed by atoms with Crippen LogP contribution in [0.5, 0.6) is 0 Å². The molecule has 0 radical (unpaired) electrons. The summed E-state index contributed by atoms with van der Waals surface area (Å²) in [5, 5.41) is 9.77. The van der Waals surface area contributed by atoms with Crippen molar-refractivity contribution in [3.05, 3.63) is 23.5 Å². The molecule has 0 amide bonds. The molecule has 4 heteroatoms. The van der Waals surface area contributed by atoms with E-state index in [4.69, 9.17) is 0 Å². The molecule has 0 bridgehead atoms. The molecular formula is C12H17N3S. The van der Waals surface area contributed by atoms with E-state index in [1.54, 1.807) is 11.8 Å². The van der Waals surface area contributed by atoms with E-state index in [9.17, 15) is 0 Å². The summed E-state index contributed by atoms with van der Waals surface area (Å²) in [4.78, 5) is 0. The van der Waals surface area contributed by atoms with Crippen LogP contribution in [-0.4, -0.2) is 20.9 Å². The van der Waals surface area contributed by atoms with E-state index in [-0.39, 0.29) is 5.41 Å².